The zero-order valence-corrected chi connectivity index (χ0v) is 21.4. The third kappa shape index (κ3) is 8.52. The summed E-state index contributed by atoms with van der Waals surface area (Å²) in [4.78, 5) is 9.27. The first-order valence-electron chi connectivity index (χ1n) is 10.9. The Morgan fingerprint density at radius 3 is 2.81 bits per heavy atom. The summed E-state index contributed by atoms with van der Waals surface area (Å²) in [6, 6.07) is 3.84. The molecule has 1 aromatic rings. The van der Waals surface area contributed by atoms with Crippen molar-refractivity contribution in [3.05, 3.63) is 24.2 Å². The number of hydrogen-bond acceptors (Lipinski definition) is 6. The lowest BCUT2D eigenvalue weighted by molar-refractivity contribution is 0.0377. The standard InChI is InChI=1S/C20H35N5O4S.HI/c1-2-23-30(26,27)19-7-11-25(17-19)20(22-9-6-18-5-3-14-29-18)21-8-4-10-24-12-15-28-16-13-24;/h3,5,14,19,23H,2,4,6-13,15-17H2,1H3,(H,21,22);1H. The normalized spacial score (nSPS) is 20.6. The maximum atomic E-state index is 12.4. The maximum absolute atomic E-state index is 12.4. The zero-order chi connectivity index (χ0) is 21.2. The summed E-state index contributed by atoms with van der Waals surface area (Å²) in [7, 11) is -3.28. The van der Waals surface area contributed by atoms with E-state index in [2.05, 4.69) is 19.8 Å². The highest BCUT2D eigenvalue weighted by Crippen LogP contribution is 2.16. The second kappa shape index (κ2) is 13.6. The summed E-state index contributed by atoms with van der Waals surface area (Å²) in [5, 5.41) is 3.01. The molecular weight excluding hydrogens is 533 g/mol. The van der Waals surface area contributed by atoms with Crippen LogP contribution in [0.3, 0.4) is 0 Å². The van der Waals surface area contributed by atoms with Crippen molar-refractivity contribution in [1.29, 1.82) is 0 Å². The van der Waals surface area contributed by atoms with Crippen molar-refractivity contribution in [3.8, 4) is 0 Å². The lowest BCUT2D eigenvalue weighted by Crippen LogP contribution is -2.43. The molecule has 3 heterocycles. The third-order valence-corrected chi connectivity index (χ3v) is 7.41. The Labute approximate surface area is 203 Å². The van der Waals surface area contributed by atoms with Crippen molar-refractivity contribution in [2.45, 2.75) is 31.4 Å². The first kappa shape index (κ1) is 26.4. The number of aliphatic imine (C=N–C) groups is 1. The maximum Gasteiger partial charge on any atom is 0.216 e. The molecule has 2 aliphatic rings. The van der Waals surface area contributed by atoms with Crippen molar-refractivity contribution in [1.82, 2.24) is 19.8 Å². The largest absolute Gasteiger partial charge is 0.469 e. The van der Waals surface area contributed by atoms with Gasteiger partial charge in [0.05, 0.1) is 24.7 Å². The summed E-state index contributed by atoms with van der Waals surface area (Å²) in [5.41, 5.74) is 0. The van der Waals surface area contributed by atoms with Crippen LogP contribution >= 0.6 is 24.0 Å². The fourth-order valence-electron chi connectivity index (χ4n) is 3.82. The van der Waals surface area contributed by atoms with Crippen LogP contribution in [0.1, 0.15) is 25.5 Å². The predicted octanol–water partition coefficient (Wildman–Crippen LogP) is 1.12. The molecule has 9 nitrogen and oxygen atoms in total. The van der Waals surface area contributed by atoms with E-state index in [1.807, 2.05) is 19.1 Å². The van der Waals surface area contributed by atoms with Gasteiger partial charge in [0.25, 0.3) is 0 Å². The van der Waals surface area contributed by atoms with E-state index in [1.54, 1.807) is 6.26 Å². The van der Waals surface area contributed by atoms with Gasteiger partial charge in [-0.3, -0.25) is 9.89 Å². The molecule has 0 radical (unpaired) electrons. The monoisotopic (exact) mass is 569 g/mol. The average molecular weight is 570 g/mol. The van der Waals surface area contributed by atoms with E-state index >= 15 is 0 Å². The van der Waals surface area contributed by atoms with E-state index in [0.717, 1.165) is 57.4 Å². The number of rotatable bonds is 10. The van der Waals surface area contributed by atoms with Gasteiger partial charge < -0.3 is 19.4 Å². The SMILES string of the molecule is CCNS(=O)(=O)C1CCN(C(=NCCCN2CCOCC2)NCCc2ccco2)C1.I. The number of halogens is 1. The number of guanidine groups is 1. The van der Waals surface area contributed by atoms with Crippen molar-refractivity contribution in [2.24, 2.45) is 4.99 Å². The minimum absolute atomic E-state index is 0. The highest BCUT2D eigenvalue weighted by atomic mass is 127. The van der Waals surface area contributed by atoms with E-state index < -0.39 is 15.3 Å². The van der Waals surface area contributed by atoms with Gasteiger partial charge >= 0.3 is 0 Å². The van der Waals surface area contributed by atoms with Crippen LogP contribution in [0.4, 0.5) is 0 Å². The summed E-state index contributed by atoms with van der Waals surface area (Å²) >= 11 is 0. The van der Waals surface area contributed by atoms with Gasteiger partial charge in [0.1, 0.15) is 5.76 Å². The van der Waals surface area contributed by atoms with Crippen LogP contribution in [-0.4, -0.2) is 95.0 Å². The van der Waals surface area contributed by atoms with Gasteiger partial charge in [0, 0.05) is 58.8 Å². The van der Waals surface area contributed by atoms with Gasteiger partial charge in [-0.2, -0.15) is 0 Å². The smallest absolute Gasteiger partial charge is 0.216 e. The molecule has 3 rings (SSSR count). The van der Waals surface area contributed by atoms with Crippen LogP contribution < -0.4 is 10.0 Å². The molecule has 1 aromatic heterocycles. The number of nitrogens with one attached hydrogen (secondary N) is 2. The van der Waals surface area contributed by atoms with Gasteiger partial charge in [0.15, 0.2) is 5.96 Å². The molecule has 0 saturated carbocycles. The molecule has 2 fully saturated rings. The highest BCUT2D eigenvalue weighted by molar-refractivity contribution is 14.0. The van der Waals surface area contributed by atoms with Gasteiger partial charge in [-0.25, -0.2) is 13.1 Å². The van der Waals surface area contributed by atoms with Crippen LogP contribution in [0, 0.1) is 0 Å². The number of morpholine rings is 1. The molecule has 0 aromatic carbocycles. The second-order valence-corrected chi connectivity index (χ2v) is 9.71. The molecule has 2 aliphatic heterocycles. The number of hydrogen-bond donors (Lipinski definition) is 2. The first-order valence-corrected chi connectivity index (χ1v) is 12.5. The molecule has 178 valence electrons. The lowest BCUT2D eigenvalue weighted by Gasteiger charge is -2.26. The van der Waals surface area contributed by atoms with Crippen molar-refractivity contribution in [3.63, 3.8) is 0 Å². The summed E-state index contributed by atoms with van der Waals surface area (Å²) in [6.07, 6.45) is 4.01. The number of furan rings is 1. The fourth-order valence-corrected chi connectivity index (χ4v) is 5.25. The molecule has 2 saturated heterocycles. The zero-order valence-electron chi connectivity index (χ0n) is 18.3. The van der Waals surface area contributed by atoms with E-state index in [0.29, 0.717) is 39.1 Å². The van der Waals surface area contributed by atoms with Crippen molar-refractivity contribution < 1.29 is 17.6 Å². The Kier molecular flexibility index (Phi) is 11.6. The Balaban J connectivity index is 0.00000341. The second-order valence-electron chi connectivity index (χ2n) is 7.67. The molecule has 0 amide bonds. The van der Waals surface area contributed by atoms with Crippen LogP contribution in [0.15, 0.2) is 27.8 Å². The lowest BCUT2D eigenvalue weighted by atomic mass is 10.3. The van der Waals surface area contributed by atoms with Crippen molar-refractivity contribution in [2.75, 3.05) is 65.6 Å². The third-order valence-electron chi connectivity index (χ3n) is 5.46. The summed E-state index contributed by atoms with van der Waals surface area (Å²) in [6.45, 7) is 9.35. The van der Waals surface area contributed by atoms with Gasteiger partial charge in [-0.15, -0.1) is 24.0 Å². The number of ether oxygens (including phenoxy) is 1. The Morgan fingerprint density at radius 2 is 2.10 bits per heavy atom. The van der Waals surface area contributed by atoms with Crippen LogP contribution in [0.5, 0.6) is 0 Å². The topological polar surface area (TPSA) is 99.4 Å². The van der Waals surface area contributed by atoms with Gasteiger partial charge in [-0.1, -0.05) is 6.92 Å². The van der Waals surface area contributed by atoms with Crippen LogP contribution in [0.25, 0.3) is 0 Å². The molecule has 1 unspecified atom stereocenters. The first-order chi connectivity index (χ1) is 14.6. The number of nitrogens with zero attached hydrogens (tertiary/aromatic N) is 3. The molecule has 2 N–H and O–H groups in total. The molecule has 11 heteroatoms. The van der Waals surface area contributed by atoms with E-state index in [9.17, 15) is 8.42 Å². The van der Waals surface area contributed by atoms with E-state index in [1.165, 1.54) is 0 Å². The molecule has 31 heavy (non-hydrogen) atoms. The number of likely N-dealkylation sites (tertiary alicyclic amines) is 1. The van der Waals surface area contributed by atoms with Crippen LogP contribution in [-0.2, 0) is 21.2 Å². The number of sulfonamides is 1. The minimum atomic E-state index is -3.28. The molecule has 0 bridgehead atoms. The summed E-state index contributed by atoms with van der Waals surface area (Å²) in [5.74, 6) is 1.71. The predicted molar refractivity (Wildman–Crippen MR) is 133 cm³/mol. The molecule has 1 atom stereocenters. The molecular formula is C20H36IN5O4S. The minimum Gasteiger partial charge on any atom is -0.469 e. The van der Waals surface area contributed by atoms with Crippen LogP contribution in [0.2, 0.25) is 0 Å². The molecule has 0 spiro atoms. The highest BCUT2D eigenvalue weighted by Gasteiger charge is 2.34. The Morgan fingerprint density at radius 1 is 1.29 bits per heavy atom. The Hall–Kier alpha value is -0.890. The average Bonchev–Trinajstić information content (AvgIpc) is 3.43. The van der Waals surface area contributed by atoms with E-state index in [4.69, 9.17) is 14.1 Å². The fraction of sp³-hybridized carbons (Fsp3) is 0.750. The van der Waals surface area contributed by atoms with E-state index in [-0.39, 0.29) is 24.0 Å². The molecule has 0 aliphatic carbocycles. The Bertz CT molecular complexity index is 754. The van der Waals surface area contributed by atoms with Gasteiger partial charge in [0.2, 0.25) is 10.0 Å². The summed E-state index contributed by atoms with van der Waals surface area (Å²) < 4.78 is 38.2. The van der Waals surface area contributed by atoms with Gasteiger partial charge in [-0.05, 0) is 25.0 Å². The quantitative estimate of drug-likeness (QED) is 0.189. The van der Waals surface area contributed by atoms with Crippen molar-refractivity contribution >= 4 is 40.0 Å².